The summed E-state index contributed by atoms with van der Waals surface area (Å²) in [7, 11) is 0. The van der Waals surface area contributed by atoms with Gasteiger partial charge in [0.1, 0.15) is 16.2 Å². The predicted octanol–water partition coefficient (Wildman–Crippen LogP) is 1.27. The fraction of sp³-hybridized carbons (Fsp3) is 0. The molecule has 0 aliphatic carbocycles. The van der Waals surface area contributed by atoms with Crippen molar-refractivity contribution in [2.45, 2.75) is 0 Å². The van der Waals surface area contributed by atoms with Gasteiger partial charge in [-0.3, -0.25) is 0 Å². The number of hydrogen-bond acceptors (Lipinski definition) is 4. The minimum Gasteiger partial charge on any atom is -0.382 e. The van der Waals surface area contributed by atoms with Crippen LogP contribution in [-0.4, -0.2) is 9.97 Å². The Kier molecular flexibility index (Phi) is 1.07. The molecule has 0 saturated carbocycles. The summed E-state index contributed by atoms with van der Waals surface area (Å²) in [5.74, 6) is 0.478. The topological polar surface area (TPSA) is 51.8 Å². The van der Waals surface area contributed by atoms with Crippen molar-refractivity contribution in [1.82, 2.24) is 9.97 Å². The SMILES string of the molecule is Nc1cnc2sccc2n1. The van der Waals surface area contributed by atoms with Crippen molar-refractivity contribution in [3.63, 3.8) is 0 Å². The van der Waals surface area contributed by atoms with Crippen molar-refractivity contribution in [2.24, 2.45) is 0 Å². The summed E-state index contributed by atoms with van der Waals surface area (Å²) >= 11 is 1.57. The first-order chi connectivity index (χ1) is 4.86. The minimum absolute atomic E-state index is 0.478. The summed E-state index contributed by atoms with van der Waals surface area (Å²) in [5, 5.41) is 1.95. The summed E-state index contributed by atoms with van der Waals surface area (Å²) in [6, 6.07) is 1.91. The number of aromatic nitrogens is 2. The molecule has 0 aliphatic rings. The summed E-state index contributed by atoms with van der Waals surface area (Å²) in [6.07, 6.45) is 1.57. The summed E-state index contributed by atoms with van der Waals surface area (Å²) < 4.78 is 0. The van der Waals surface area contributed by atoms with Crippen molar-refractivity contribution in [2.75, 3.05) is 5.73 Å². The van der Waals surface area contributed by atoms with E-state index in [1.807, 2.05) is 11.4 Å². The van der Waals surface area contributed by atoms with Crippen molar-refractivity contribution >= 4 is 27.5 Å². The molecule has 0 aliphatic heterocycles. The summed E-state index contributed by atoms with van der Waals surface area (Å²) in [6.45, 7) is 0. The van der Waals surface area contributed by atoms with Crippen molar-refractivity contribution in [3.05, 3.63) is 17.6 Å². The maximum Gasteiger partial charge on any atom is 0.142 e. The zero-order valence-corrected chi connectivity index (χ0v) is 5.93. The molecule has 2 N–H and O–H groups in total. The van der Waals surface area contributed by atoms with Gasteiger partial charge in [-0.15, -0.1) is 11.3 Å². The molecule has 4 heteroatoms. The van der Waals surface area contributed by atoms with Crippen LogP contribution in [0.25, 0.3) is 10.3 Å². The van der Waals surface area contributed by atoms with E-state index < -0.39 is 0 Å². The van der Waals surface area contributed by atoms with E-state index >= 15 is 0 Å². The first kappa shape index (κ1) is 5.61. The van der Waals surface area contributed by atoms with E-state index in [-0.39, 0.29) is 0 Å². The van der Waals surface area contributed by atoms with Gasteiger partial charge in [-0.1, -0.05) is 0 Å². The number of nitrogen functional groups attached to an aromatic ring is 1. The third-order valence-corrected chi connectivity index (χ3v) is 2.00. The Morgan fingerprint density at radius 3 is 3.30 bits per heavy atom. The molecule has 0 fully saturated rings. The monoisotopic (exact) mass is 151 g/mol. The lowest BCUT2D eigenvalue weighted by Gasteiger charge is -1.88. The van der Waals surface area contributed by atoms with Gasteiger partial charge in [-0.2, -0.15) is 0 Å². The van der Waals surface area contributed by atoms with Crippen LogP contribution >= 0.6 is 11.3 Å². The number of nitrogens with two attached hydrogens (primary N) is 1. The highest BCUT2D eigenvalue weighted by atomic mass is 32.1. The molecule has 0 saturated heterocycles. The lowest BCUT2D eigenvalue weighted by atomic mass is 10.5. The van der Waals surface area contributed by atoms with Crippen LogP contribution in [0.1, 0.15) is 0 Å². The maximum absolute atomic E-state index is 5.41. The van der Waals surface area contributed by atoms with Crippen LogP contribution < -0.4 is 5.73 Å². The van der Waals surface area contributed by atoms with Crippen LogP contribution in [0.5, 0.6) is 0 Å². The van der Waals surface area contributed by atoms with Gasteiger partial charge in [-0.05, 0) is 11.4 Å². The van der Waals surface area contributed by atoms with Crippen LogP contribution in [0.15, 0.2) is 17.6 Å². The first-order valence-electron chi connectivity index (χ1n) is 2.82. The Balaban J connectivity index is 2.86. The van der Waals surface area contributed by atoms with Gasteiger partial charge in [0.05, 0.1) is 6.20 Å². The van der Waals surface area contributed by atoms with E-state index in [0.717, 1.165) is 10.3 Å². The lowest BCUT2D eigenvalue weighted by Crippen LogP contribution is -1.89. The molecule has 0 atom stereocenters. The molecule has 0 bridgehead atoms. The van der Waals surface area contributed by atoms with Crippen molar-refractivity contribution in [1.29, 1.82) is 0 Å². The highest BCUT2D eigenvalue weighted by Crippen LogP contribution is 2.15. The Bertz CT molecular complexity index is 355. The number of thiophene rings is 1. The third-order valence-electron chi connectivity index (χ3n) is 1.19. The van der Waals surface area contributed by atoms with Gasteiger partial charge >= 0.3 is 0 Å². The highest BCUT2D eigenvalue weighted by Gasteiger charge is 1.95. The molecular weight excluding hydrogens is 146 g/mol. The van der Waals surface area contributed by atoms with E-state index in [1.165, 1.54) is 0 Å². The number of anilines is 1. The summed E-state index contributed by atoms with van der Waals surface area (Å²) in [5.41, 5.74) is 6.29. The van der Waals surface area contributed by atoms with Crippen LogP contribution in [-0.2, 0) is 0 Å². The van der Waals surface area contributed by atoms with Crippen LogP contribution in [0.4, 0.5) is 5.82 Å². The smallest absolute Gasteiger partial charge is 0.142 e. The second-order valence-corrected chi connectivity index (χ2v) is 2.80. The molecule has 50 valence electrons. The second kappa shape index (κ2) is 1.91. The minimum atomic E-state index is 0.478. The molecule has 2 rings (SSSR count). The molecule has 2 aromatic rings. The Labute approximate surface area is 61.5 Å². The number of rotatable bonds is 0. The van der Waals surface area contributed by atoms with E-state index in [2.05, 4.69) is 9.97 Å². The molecule has 0 unspecified atom stereocenters. The number of nitrogens with zero attached hydrogens (tertiary/aromatic N) is 2. The summed E-state index contributed by atoms with van der Waals surface area (Å²) in [4.78, 5) is 9.07. The normalized spacial score (nSPS) is 10.4. The zero-order valence-electron chi connectivity index (χ0n) is 5.11. The number of hydrogen-bond donors (Lipinski definition) is 1. The van der Waals surface area contributed by atoms with Crippen molar-refractivity contribution in [3.8, 4) is 0 Å². The van der Waals surface area contributed by atoms with Crippen LogP contribution in [0, 0.1) is 0 Å². The molecule has 3 nitrogen and oxygen atoms in total. The Hall–Kier alpha value is -1.16. The molecule has 2 heterocycles. The lowest BCUT2D eigenvalue weighted by molar-refractivity contribution is 1.32. The number of fused-ring (bicyclic) bond motifs is 1. The molecule has 0 radical (unpaired) electrons. The zero-order chi connectivity index (χ0) is 6.97. The average Bonchev–Trinajstić information content (AvgIpc) is 2.33. The van der Waals surface area contributed by atoms with Gasteiger partial charge in [0.15, 0.2) is 0 Å². The van der Waals surface area contributed by atoms with Gasteiger partial charge in [0.2, 0.25) is 0 Å². The fourth-order valence-corrected chi connectivity index (χ4v) is 1.44. The molecule has 0 spiro atoms. The van der Waals surface area contributed by atoms with E-state index in [9.17, 15) is 0 Å². The molecule has 2 aromatic heterocycles. The fourth-order valence-electron chi connectivity index (χ4n) is 0.769. The van der Waals surface area contributed by atoms with Crippen molar-refractivity contribution < 1.29 is 0 Å². The van der Waals surface area contributed by atoms with Gasteiger partial charge < -0.3 is 5.73 Å². The first-order valence-corrected chi connectivity index (χ1v) is 3.70. The standard InChI is InChI=1S/C6H5N3S/c7-5-3-8-6-4(9-5)1-2-10-6/h1-3H,(H2,7,9). The molecule has 10 heavy (non-hydrogen) atoms. The van der Waals surface area contributed by atoms with E-state index in [1.54, 1.807) is 17.5 Å². The third kappa shape index (κ3) is 0.733. The van der Waals surface area contributed by atoms with Gasteiger partial charge in [0.25, 0.3) is 0 Å². The van der Waals surface area contributed by atoms with Gasteiger partial charge in [-0.25, -0.2) is 9.97 Å². The molecule has 0 amide bonds. The molecule has 0 aromatic carbocycles. The van der Waals surface area contributed by atoms with Crippen LogP contribution in [0.2, 0.25) is 0 Å². The average molecular weight is 151 g/mol. The van der Waals surface area contributed by atoms with Crippen LogP contribution in [0.3, 0.4) is 0 Å². The highest BCUT2D eigenvalue weighted by molar-refractivity contribution is 7.16. The Morgan fingerprint density at radius 1 is 1.50 bits per heavy atom. The predicted molar refractivity (Wildman–Crippen MR) is 41.8 cm³/mol. The van der Waals surface area contributed by atoms with E-state index in [4.69, 9.17) is 5.73 Å². The molecular formula is C6H5N3S. The largest absolute Gasteiger partial charge is 0.382 e. The Morgan fingerprint density at radius 2 is 2.40 bits per heavy atom. The van der Waals surface area contributed by atoms with Gasteiger partial charge in [0, 0.05) is 0 Å². The second-order valence-electron chi connectivity index (χ2n) is 1.91. The maximum atomic E-state index is 5.41. The van der Waals surface area contributed by atoms with E-state index in [0.29, 0.717) is 5.82 Å². The quantitative estimate of drug-likeness (QED) is 0.617.